The van der Waals surface area contributed by atoms with Crippen LogP contribution < -0.4 is 0 Å². The smallest absolute Gasteiger partial charge is 0.0518 e. The average molecular weight is 339 g/mol. The first-order chi connectivity index (χ1) is 11.5. The summed E-state index contributed by atoms with van der Waals surface area (Å²) in [6.07, 6.45) is 8.62. The molecule has 0 aromatic rings. The number of likely N-dealkylation sites (tertiary alicyclic amines) is 2. The summed E-state index contributed by atoms with van der Waals surface area (Å²) in [7, 11) is 0. The van der Waals surface area contributed by atoms with Gasteiger partial charge in [-0.3, -0.25) is 0 Å². The minimum absolute atomic E-state index is 0.387. The number of hydrogen-bond acceptors (Lipinski definition) is 3. The Morgan fingerprint density at radius 2 is 1.38 bits per heavy atom. The molecule has 3 heteroatoms. The van der Waals surface area contributed by atoms with Crippen molar-refractivity contribution in [3.63, 3.8) is 0 Å². The number of piperidine rings is 2. The van der Waals surface area contributed by atoms with Crippen LogP contribution in [-0.2, 0) is 4.74 Å². The van der Waals surface area contributed by atoms with Crippen molar-refractivity contribution in [3.8, 4) is 0 Å². The first kappa shape index (κ1) is 20.2. The zero-order chi connectivity index (χ0) is 17.4. The molecule has 0 saturated carbocycles. The fraction of sp³-hybridized carbons (Fsp3) is 1.00. The molecule has 0 amide bonds. The average Bonchev–Trinajstić information content (AvgIpc) is 2.58. The molecule has 0 bridgehead atoms. The van der Waals surface area contributed by atoms with E-state index >= 15 is 0 Å². The van der Waals surface area contributed by atoms with E-state index < -0.39 is 0 Å². The Balaban J connectivity index is 1.51. The lowest BCUT2D eigenvalue weighted by molar-refractivity contribution is 0.0696. The summed E-state index contributed by atoms with van der Waals surface area (Å²) in [4.78, 5) is 5.41. The molecular weight excluding hydrogens is 296 g/mol. The molecule has 0 unspecified atom stereocenters. The molecule has 2 fully saturated rings. The molecule has 2 rings (SSSR count). The molecule has 142 valence electrons. The van der Waals surface area contributed by atoms with E-state index in [9.17, 15) is 0 Å². The van der Waals surface area contributed by atoms with Crippen LogP contribution in [-0.4, -0.2) is 61.8 Å². The Labute approximate surface area is 151 Å². The molecule has 2 saturated heterocycles. The molecule has 0 atom stereocenters. The maximum Gasteiger partial charge on any atom is 0.0518 e. The minimum Gasteiger partial charge on any atom is -0.379 e. The normalized spacial score (nSPS) is 22.8. The standard InChI is InChI=1S/C21H42N2O/c1-18(2)21-9-13-23(14-10-21)16-15-22-11-7-20(8-12-22)6-5-17-24-19(3)4/h18-21H,5-17H2,1-4H3. The predicted molar refractivity (Wildman–Crippen MR) is 103 cm³/mol. The fourth-order valence-electron chi connectivity index (χ4n) is 4.32. The van der Waals surface area contributed by atoms with Crippen LogP contribution in [0.2, 0.25) is 0 Å². The van der Waals surface area contributed by atoms with Crippen molar-refractivity contribution in [2.45, 2.75) is 72.3 Å². The monoisotopic (exact) mass is 338 g/mol. The lowest BCUT2D eigenvalue weighted by Gasteiger charge is -2.37. The maximum absolute atomic E-state index is 5.67. The number of rotatable bonds is 9. The van der Waals surface area contributed by atoms with Gasteiger partial charge in [0.25, 0.3) is 0 Å². The van der Waals surface area contributed by atoms with Gasteiger partial charge in [0.15, 0.2) is 0 Å². The van der Waals surface area contributed by atoms with Gasteiger partial charge in [-0.25, -0.2) is 0 Å². The van der Waals surface area contributed by atoms with Crippen molar-refractivity contribution in [2.24, 2.45) is 17.8 Å². The summed E-state index contributed by atoms with van der Waals surface area (Å²) in [5.41, 5.74) is 0. The van der Waals surface area contributed by atoms with Crippen LogP contribution in [0.15, 0.2) is 0 Å². The lowest BCUT2D eigenvalue weighted by atomic mass is 9.87. The van der Waals surface area contributed by atoms with E-state index in [1.54, 1.807) is 0 Å². The Bertz CT molecular complexity index is 316. The Morgan fingerprint density at radius 3 is 1.88 bits per heavy atom. The van der Waals surface area contributed by atoms with Crippen molar-refractivity contribution in [1.82, 2.24) is 9.80 Å². The molecule has 0 N–H and O–H groups in total. The van der Waals surface area contributed by atoms with Crippen molar-refractivity contribution in [3.05, 3.63) is 0 Å². The molecule has 0 aromatic heterocycles. The lowest BCUT2D eigenvalue weighted by Crippen LogP contribution is -2.42. The Kier molecular flexibility index (Phi) is 9.07. The van der Waals surface area contributed by atoms with Crippen LogP contribution in [0.1, 0.15) is 66.2 Å². The van der Waals surface area contributed by atoms with Crippen LogP contribution in [0.4, 0.5) is 0 Å². The molecule has 3 nitrogen and oxygen atoms in total. The topological polar surface area (TPSA) is 15.7 Å². The third-order valence-electron chi connectivity index (χ3n) is 6.22. The largest absolute Gasteiger partial charge is 0.379 e. The van der Waals surface area contributed by atoms with Gasteiger partial charge >= 0.3 is 0 Å². The van der Waals surface area contributed by atoms with Crippen LogP contribution in [0.25, 0.3) is 0 Å². The molecular formula is C21H42N2O. The fourth-order valence-corrected chi connectivity index (χ4v) is 4.32. The van der Waals surface area contributed by atoms with Gasteiger partial charge in [-0.05, 0) is 96.3 Å². The molecule has 0 aliphatic carbocycles. The molecule has 2 aliphatic heterocycles. The number of hydrogen-bond donors (Lipinski definition) is 0. The SMILES string of the molecule is CC(C)OCCCC1CCN(CCN2CCC(C(C)C)CC2)CC1. The second kappa shape index (κ2) is 10.8. The van der Waals surface area contributed by atoms with E-state index in [1.165, 1.54) is 77.8 Å². The van der Waals surface area contributed by atoms with Gasteiger partial charge < -0.3 is 14.5 Å². The third kappa shape index (κ3) is 7.41. The van der Waals surface area contributed by atoms with E-state index in [-0.39, 0.29) is 0 Å². The second-order valence-electron chi connectivity index (χ2n) is 8.77. The van der Waals surface area contributed by atoms with Crippen LogP contribution in [0.5, 0.6) is 0 Å². The second-order valence-corrected chi connectivity index (χ2v) is 8.77. The van der Waals surface area contributed by atoms with Gasteiger partial charge in [0.2, 0.25) is 0 Å². The van der Waals surface area contributed by atoms with Crippen LogP contribution in [0.3, 0.4) is 0 Å². The third-order valence-corrected chi connectivity index (χ3v) is 6.22. The van der Waals surface area contributed by atoms with E-state index in [1.807, 2.05) is 0 Å². The molecule has 0 spiro atoms. The molecule has 0 aromatic carbocycles. The highest BCUT2D eigenvalue weighted by atomic mass is 16.5. The summed E-state index contributed by atoms with van der Waals surface area (Å²) < 4.78 is 5.67. The highest BCUT2D eigenvalue weighted by molar-refractivity contribution is 4.77. The first-order valence-corrected chi connectivity index (χ1v) is 10.6. The Hall–Kier alpha value is -0.120. The van der Waals surface area contributed by atoms with Gasteiger partial charge in [-0.1, -0.05) is 13.8 Å². The number of nitrogens with zero attached hydrogens (tertiary/aromatic N) is 2. The number of ether oxygens (including phenoxy) is 1. The van der Waals surface area contributed by atoms with E-state index in [2.05, 4.69) is 37.5 Å². The van der Waals surface area contributed by atoms with Gasteiger partial charge in [0.1, 0.15) is 0 Å². The van der Waals surface area contributed by atoms with E-state index in [0.29, 0.717) is 6.10 Å². The van der Waals surface area contributed by atoms with Gasteiger partial charge in [0, 0.05) is 19.7 Å². The van der Waals surface area contributed by atoms with Crippen molar-refractivity contribution < 1.29 is 4.74 Å². The van der Waals surface area contributed by atoms with Crippen molar-refractivity contribution >= 4 is 0 Å². The van der Waals surface area contributed by atoms with E-state index in [0.717, 1.165) is 24.4 Å². The summed E-state index contributed by atoms with van der Waals surface area (Å²) >= 11 is 0. The van der Waals surface area contributed by atoms with Crippen molar-refractivity contribution in [1.29, 1.82) is 0 Å². The zero-order valence-corrected chi connectivity index (χ0v) is 16.8. The molecule has 24 heavy (non-hydrogen) atoms. The zero-order valence-electron chi connectivity index (χ0n) is 16.8. The molecule has 2 aliphatic rings. The molecule has 2 heterocycles. The van der Waals surface area contributed by atoms with Crippen LogP contribution in [0, 0.1) is 17.8 Å². The van der Waals surface area contributed by atoms with Crippen molar-refractivity contribution in [2.75, 3.05) is 45.9 Å². The summed E-state index contributed by atoms with van der Waals surface area (Å²) in [6, 6.07) is 0. The summed E-state index contributed by atoms with van der Waals surface area (Å²) in [5.74, 6) is 2.78. The van der Waals surface area contributed by atoms with E-state index in [4.69, 9.17) is 4.74 Å². The first-order valence-electron chi connectivity index (χ1n) is 10.6. The summed E-state index contributed by atoms with van der Waals surface area (Å²) in [5, 5.41) is 0. The Morgan fingerprint density at radius 1 is 0.833 bits per heavy atom. The highest BCUT2D eigenvalue weighted by Gasteiger charge is 2.23. The quantitative estimate of drug-likeness (QED) is 0.584. The predicted octanol–water partition coefficient (Wildman–Crippen LogP) is 4.27. The van der Waals surface area contributed by atoms with Gasteiger partial charge in [-0.15, -0.1) is 0 Å². The maximum atomic E-state index is 5.67. The minimum atomic E-state index is 0.387. The van der Waals surface area contributed by atoms with Gasteiger partial charge in [-0.2, -0.15) is 0 Å². The highest BCUT2D eigenvalue weighted by Crippen LogP contribution is 2.25. The van der Waals surface area contributed by atoms with Gasteiger partial charge in [0.05, 0.1) is 6.10 Å². The molecule has 0 radical (unpaired) electrons. The van der Waals surface area contributed by atoms with Crippen LogP contribution >= 0.6 is 0 Å². The summed E-state index contributed by atoms with van der Waals surface area (Å²) in [6.45, 7) is 17.9.